The number of fused-ring (bicyclic) bond motifs is 15. The molecule has 9 saturated carbocycles. The van der Waals surface area contributed by atoms with Crippen LogP contribution in [0.4, 0.5) is 0 Å². The second kappa shape index (κ2) is 19.3. The van der Waals surface area contributed by atoms with Gasteiger partial charge in [-0.1, -0.05) is 70.4 Å². The summed E-state index contributed by atoms with van der Waals surface area (Å²) in [6.45, 7) is 14.6. The molecule has 0 saturated heterocycles. The van der Waals surface area contributed by atoms with Crippen molar-refractivity contribution < 1.29 is 28.9 Å². The van der Waals surface area contributed by atoms with Gasteiger partial charge in [0.25, 0.3) is 0 Å². The van der Waals surface area contributed by atoms with Crippen LogP contribution in [0.3, 0.4) is 0 Å². The number of hydrogen-bond acceptors (Lipinski definition) is 6. The molecule has 386 valence electrons. The Labute approximate surface area is 420 Å². The summed E-state index contributed by atoms with van der Waals surface area (Å²) in [7, 11) is 5.73. The van der Waals surface area contributed by atoms with Crippen molar-refractivity contribution >= 4 is 11.6 Å². The summed E-state index contributed by atoms with van der Waals surface area (Å²) in [5, 5.41) is 10.2. The predicted octanol–water partition coefficient (Wildman–Crippen LogP) is 14.6. The van der Waals surface area contributed by atoms with E-state index >= 15 is 0 Å². The minimum Gasteiger partial charge on any atom is -0.393 e. The minimum absolute atomic E-state index is 0.0873. The Morgan fingerprint density at radius 2 is 0.942 bits per heavy atom. The Bertz CT molecular complexity index is 2020. The van der Waals surface area contributed by atoms with E-state index in [2.05, 4.69) is 53.7 Å². The highest BCUT2D eigenvalue weighted by molar-refractivity contribution is 5.91. The van der Waals surface area contributed by atoms with Crippen molar-refractivity contribution in [1.29, 1.82) is 0 Å². The number of methoxy groups -OCH3 is 3. The maximum Gasteiger partial charge on any atom is 0.155 e. The second-order valence-corrected chi connectivity index (χ2v) is 26.9. The number of ketones is 2. The first-order valence-electron chi connectivity index (χ1n) is 29.6. The number of aliphatic hydroxyl groups is 1. The van der Waals surface area contributed by atoms with E-state index in [1.807, 2.05) is 27.4 Å². The number of ether oxygens (including phenoxy) is 3. The van der Waals surface area contributed by atoms with E-state index in [0.29, 0.717) is 62.4 Å². The normalized spacial score (nSPS) is 50.2. The van der Waals surface area contributed by atoms with Gasteiger partial charge in [-0.05, 0) is 246 Å². The van der Waals surface area contributed by atoms with Crippen LogP contribution in [-0.4, -0.2) is 62.4 Å². The van der Waals surface area contributed by atoms with Crippen molar-refractivity contribution in [1.82, 2.24) is 0 Å². The van der Waals surface area contributed by atoms with Gasteiger partial charge in [-0.25, -0.2) is 0 Å². The zero-order valence-electron chi connectivity index (χ0n) is 45.3. The number of allylic oxidation sites excluding steroid dienone is 4. The molecule has 0 unspecified atom stereocenters. The highest BCUT2D eigenvalue weighted by Crippen LogP contribution is 2.69. The molecule has 0 heterocycles. The summed E-state index contributed by atoms with van der Waals surface area (Å²) in [4.78, 5) is 24.0. The molecule has 0 radical (unpaired) electrons. The predicted molar refractivity (Wildman–Crippen MR) is 277 cm³/mol. The third kappa shape index (κ3) is 7.84. The van der Waals surface area contributed by atoms with Crippen molar-refractivity contribution in [2.24, 2.45) is 85.8 Å². The second-order valence-electron chi connectivity index (χ2n) is 26.9. The standard InChI is InChI=1S/C21H34O2.2C21H32O2/c3*1-4-21-12-9-15(22)13-14(21)5-6-16-17-7-8-19(23-3)20(17,2)11-10-18(16)21/h5,15-19,22H,4,6-13H2,1-3H3;13,16-19H,4-12H2,1-3H3;5,16-19H,4,6-13H2,1-3H3/t15-,16-,17-,18-,19-,20-,21-;2*16-,17-,18-,19-,20-,21-/m000/s1. The zero-order valence-corrected chi connectivity index (χ0v) is 45.3. The summed E-state index contributed by atoms with van der Waals surface area (Å²) >= 11 is 0. The number of Topliss-reactive ketones (excluding diaryl/α,β-unsaturated/α-hetero) is 1. The fraction of sp³-hybridized carbons (Fsp3) is 0.873. The third-order valence-corrected chi connectivity index (χ3v) is 25.6. The maximum atomic E-state index is 12.0. The van der Waals surface area contributed by atoms with Gasteiger partial charge in [-0.15, -0.1) is 0 Å². The van der Waals surface area contributed by atoms with E-state index in [0.717, 1.165) is 98.2 Å². The molecule has 12 rings (SSSR count). The van der Waals surface area contributed by atoms with Crippen molar-refractivity contribution in [3.8, 4) is 0 Å². The molecule has 12 aliphatic carbocycles. The Kier molecular flexibility index (Phi) is 14.2. The molecule has 0 aromatic carbocycles. The van der Waals surface area contributed by atoms with Crippen LogP contribution in [-0.2, 0) is 23.8 Å². The largest absolute Gasteiger partial charge is 0.393 e. The van der Waals surface area contributed by atoms with Gasteiger partial charge in [-0.3, -0.25) is 9.59 Å². The SMILES string of the molecule is CC[C@]12CCC(=O)C=C1CC[C@@H]1[C@@H]2CC[C@]2(C)[C@@H](OC)CC[C@@H]12.CC[C@]12CCC(=O)CC1=CC[C@@H]1[C@@H]2CC[C@]2(C)[C@@H](OC)CC[C@@H]12.CC[C@]12CC[C@H](O)CC1=CC[C@@H]1[C@@H]2CC[C@]2(C)[C@@H](OC)CC[C@@H]12. The number of rotatable bonds is 6. The Morgan fingerprint density at radius 3 is 1.45 bits per heavy atom. The highest BCUT2D eigenvalue weighted by atomic mass is 16.5. The van der Waals surface area contributed by atoms with E-state index in [1.54, 1.807) is 5.57 Å². The first kappa shape index (κ1) is 50.9. The van der Waals surface area contributed by atoms with E-state index in [4.69, 9.17) is 14.2 Å². The smallest absolute Gasteiger partial charge is 0.155 e. The van der Waals surface area contributed by atoms with Gasteiger partial charge in [0.2, 0.25) is 0 Å². The van der Waals surface area contributed by atoms with Gasteiger partial charge in [0, 0.05) is 40.6 Å². The van der Waals surface area contributed by atoms with E-state index < -0.39 is 0 Å². The highest BCUT2D eigenvalue weighted by Gasteiger charge is 2.63. The molecule has 0 spiro atoms. The zero-order chi connectivity index (χ0) is 48.7. The van der Waals surface area contributed by atoms with Gasteiger partial charge in [0.15, 0.2) is 5.78 Å². The molecular weight excluding hydrogens is 853 g/mol. The van der Waals surface area contributed by atoms with Crippen molar-refractivity contribution in [2.45, 2.75) is 239 Å². The molecule has 0 aromatic heterocycles. The molecule has 0 amide bonds. The Balaban J connectivity index is 0.000000120. The van der Waals surface area contributed by atoms with Crippen molar-refractivity contribution in [3.05, 3.63) is 34.9 Å². The van der Waals surface area contributed by atoms with Gasteiger partial charge in [-0.2, -0.15) is 0 Å². The van der Waals surface area contributed by atoms with Crippen LogP contribution in [0.5, 0.6) is 0 Å². The molecule has 0 bridgehead atoms. The number of carbonyl (C=O) groups excluding carboxylic acids is 2. The molecule has 19 atom stereocenters. The lowest BCUT2D eigenvalue weighted by atomic mass is 9.46. The van der Waals surface area contributed by atoms with Gasteiger partial charge in [0.1, 0.15) is 5.78 Å². The fourth-order valence-electron chi connectivity index (χ4n) is 22.1. The average Bonchev–Trinajstić information content (AvgIpc) is 4.02. The van der Waals surface area contributed by atoms with Crippen LogP contribution < -0.4 is 0 Å². The van der Waals surface area contributed by atoms with Crippen LogP contribution >= 0.6 is 0 Å². The average molecular weight is 951 g/mol. The van der Waals surface area contributed by atoms with Gasteiger partial charge in [0.05, 0.1) is 24.4 Å². The van der Waals surface area contributed by atoms with Crippen molar-refractivity contribution in [3.63, 3.8) is 0 Å². The lowest BCUT2D eigenvalue weighted by Gasteiger charge is -2.59. The lowest BCUT2D eigenvalue weighted by molar-refractivity contribution is -0.123. The molecule has 9 fully saturated rings. The minimum atomic E-state index is -0.0873. The summed E-state index contributed by atoms with van der Waals surface area (Å²) in [5.74, 6) is 8.39. The number of aliphatic hydroxyl groups excluding tert-OH is 1. The molecule has 6 heteroatoms. The van der Waals surface area contributed by atoms with E-state index in [1.165, 1.54) is 140 Å². The summed E-state index contributed by atoms with van der Waals surface area (Å²) in [5.41, 5.74) is 6.96. The first-order valence-corrected chi connectivity index (χ1v) is 29.6. The molecule has 0 aromatic rings. The molecule has 6 nitrogen and oxygen atoms in total. The lowest BCUT2D eigenvalue weighted by Crippen LogP contribution is -2.52. The monoisotopic (exact) mass is 951 g/mol. The number of carbonyl (C=O) groups is 2. The number of hydrogen-bond donors (Lipinski definition) is 1. The summed E-state index contributed by atoms with van der Waals surface area (Å²) in [6.07, 6.45) is 40.7. The summed E-state index contributed by atoms with van der Waals surface area (Å²) in [6, 6.07) is 0. The molecule has 69 heavy (non-hydrogen) atoms. The van der Waals surface area contributed by atoms with Crippen LogP contribution in [0.1, 0.15) is 215 Å². The van der Waals surface area contributed by atoms with Gasteiger partial charge < -0.3 is 19.3 Å². The van der Waals surface area contributed by atoms with Crippen LogP contribution in [0.25, 0.3) is 0 Å². The van der Waals surface area contributed by atoms with E-state index in [-0.39, 0.29) is 6.10 Å². The molecule has 0 aliphatic heterocycles. The van der Waals surface area contributed by atoms with Crippen LogP contribution in [0, 0.1) is 85.8 Å². The van der Waals surface area contributed by atoms with Gasteiger partial charge >= 0.3 is 0 Å². The topological polar surface area (TPSA) is 82.1 Å². The first-order chi connectivity index (χ1) is 33.1. The molecule has 1 N–H and O–H groups in total. The molecular formula is C63H98O6. The van der Waals surface area contributed by atoms with E-state index in [9.17, 15) is 14.7 Å². The van der Waals surface area contributed by atoms with Crippen LogP contribution in [0.15, 0.2) is 34.9 Å². The Hall–Kier alpha value is -1.60. The fourth-order valence-corrected chi connectivity index (χ4v) is 22.1. The molecule has 12 aliphatic rings. The van der Waals surface area contributed by atoms with Crippen LogP contribution in [0.2, 0.25) is 0 Å². The maximum absolute atomic E-state index is 12.0. The third-order valence-electron chi connectivity index (χ3n) is 25.6. The Morgan fingerprint density at radius 1 is 0.493 bits per heavy atom. The van der Waals surface area contributed by atoms with Crippen molar-refractivity contribution in [2.75, 3.05) is 21.3 Å². The summed E-state index contributed by atoms with van der Waals surface area (Å²) < 4.78 is 17.6. The quantitative estimate of drug-likeness (QED) is 0.267.